The van der Waals surface area contributed by atoms with Crippen molar-refractivity contribution in [2.45, 2.75) is 19.5 Å². The molecule has 23 heavy (non-hydrogen) atoms. The summed E-state index contributed by atoms with van der Waals surface area (Å²) < 4.78 is 51.4. The van der Waals surface area contributed by atoms with Crippen molar-refractivity contribution in [3.63, 3.8) is 0 Å². The minimum Gasteiger partial charge on any atom is -0.308 e. The number of urea groups is 1. The lowest BCUT2D eigenvalue weighted by atomic mass is 10.1. The van der Waals surface area contributed by atoms with E-state index in [1.165, 1.54) is 0 Å². The van der Waals surface area contributed by atoms with Gasteiger partial charge in [0.1, 0.15) is 5.82 Å². The van der Waals surface area contributed by atoms with Crippen molar-refractivity contribution in [3.05, 3.63) is 59.4 Å². The SMILES string of the molecule is CCc1cccc(NC(=O)Nc2cc(C(F)(F)F)ccc2F)c1. The molecule has 2 rings (SSSR count). The quantitative estimate of drug-likeness (QED) is 0.761. The topological polar surface area (TPSA) is 41.1 Å². The Hall–Kier alpha value is -2.57. The van der Waals surface area contributed by atoms with Gasteiger partial charge in [-0.15, -0.1) is 0 Å². The molecule has 0 bridgehead atoms. The van der Waals surface area contributed by atoms with E-state index in [4.69, 9.17) is 0 Å². The van der Waals surface area contributed by atoms with Crippen LogP contribution in [0.15, 0.2) is 42.5 Å². The van der Waals surface area contributed by atoms with E-state index in [9.17, 15) is 22.4 Å². The zero-order valence-corrected chi connectivity index (χ0v) is 12.2. The summed E-state index contributed by atoms with van der Waals surface area (Å²) >= 11 is 0. The molecule has 0 aromatic heterocycles. The van der Waals surface area contributed by atoms with E-state index >= 15 is 0 Å². The van der Waals surface area contributed by atoms with Gasteiger partial charge < -0.3 is 10.6 Å². The first-order valence-electron chi connectivity index (χ1n) is 6.83. The Morgan fingerprint density at radius 2 is 1.83 bits per heavy atom. The van der Waals surface area contributed by atoms with E-state index in [-0.39, 0.29) is 0 Å². The van der Waals surface area contributed by atoms with E-state index < -0.39 is 29.3 Å². The number of alkyl halides is 3. The molecule has 0 spiro atoms. The fraction of sp³-hybridized carbons (Fsp3) is 0.188. The smallest absolute Gasteiger partial charge is 0.308 e. The molecule has 0 unspecified atom stereocenters. The molecule has 0 fully saturated rings. The van der Waals surface area contributed by atoms with Gasteiger partial charge in [-0.2, -0.15) is 13.2 Å². The van der Waals surface area contributed by atoms with Crippen LogP contribution in [0.3, 0.4) is 0 Å². The normalized spacial score (nSPS) is 11.2. The molecule has 2 aromatic carbocycles. The number of hydrogen-bond donors (Lipinski definition) is 2. The van der Waals surface area contributed by atoms with Gasteiger partial charge >= 0.3 is 12.2 Å². The maximum atomic E-state index is 13.6. The number of benzene rings is 2. The number of halogens is 4. The monoisotopic (exact) mass is 326 g/mol. The van der Waals surface area contributed by atoms with Crippen LogP contribution in [0.4, 0.5) is 33.7 Å². The number of hydrogen-bond acceptors (Lipinski definition) is 1. The summed E-state index contributed by atoms with van der Waals surface area (Å²) in [7, 11) is 0. The Balaban J connectivity index is 2.13. The molecule has 0 heterocycles. The van der Waals surface area contributed by atoms with Crippen molar-refractivity contribution >= 4 is 17.4 Å². The van der Waals surface area contributed by atoms with Crippen LogP contribution in [-0.2, 0) is 12.6 Å². The van der Waals surface area contributed by atoms with E-state index in [0.29, 0.717) is 23.9 Å². The maximum absolute atomic E-state index is 13.6. The van der Waals surface area contributed by atoms with Crippen molar-refractivity contribution in [2.75, 3.05) is 10.6 Å². The summed E-state index contributed by atoms with van der Waals surface area (Å²) in [6, 6.07) is 7.96. The van der Waals surface area contributed by atoms with Crippen molar-refractivity contribution in [1.29, 1.82) is 0 Å². The molecule has 0 aliphatic carbocycles. The van der Waals surface area contributed by atoms with Crippen LogP contribution in [0, 0.1) is 5.82 Å². The average molecular weight is 326 g/mol. The number of anilines is 2. The van der Waals surface area contributed by atoms with Crippen LogP contribution in [0.1, 0.15) is 18.1 Å². The molecule has 0 aliphatic rings. The Labute approximate surface area is 130 Å². The van der Waals surface area contributed by atoms with Gasteiger partial charge in [-0.25, -0.2) is 9.18 Å². The lowest BCUT2D eigenvalue weighted by Crippen LogP contribution is -2.20. The van der Waals surface area contributed by atoms with Crippen LogP contribution < -0.4 is 10.6 Å². The summed E-state index contributed by atoms with van der Waals surface area (Å²) in [5, 5.41) is 4.54. The predicted octanol–water partition coefficient (Wildman–Crippen LogP) is 5.05. The Kier molecular flexibility index (Phi) is 4.88. The van der Waals surface area contributed by atoms with Gasteiger partial charge in [-0.3, -0.25) is 0 Å². The molecule has 3 nitrogen and oxygen atoms in total. The van der Waals surface area contributed by atoms with Gasteiger partial charge in [0.25, 0.3) is 0 Å². The highest BCUT2D eigenvalue weighted by molar-refractivity contribution is 5.99. The summed E-state index contributed by atoms with van der Waals surface area (Å²) in [4.78, 5) is 11.8. The van der Waals surface area contributed by atoms with Crippen LogP contribution in [-0.4, -0.2) is 6.03 Å². The Bertz CT molecular complexity index is 713. The predicted molar refractivity (Wildman–Crippen MR) is 79.9 cm³/mol. The van der Waals surface area contributed by atoms with Gasteiger partial charge in [-0.1, -0.05) is 19.1 Å². The number of aryl methyl sites for hydroxylation is 1. The zero-order valence-electron chi connectivity index (χ0n) is 12.2. The van der Waals surface area contributed by atoms with Crippen LogP contribution in [0.5, 0.6) is 0 Å². The van der Waals surface area contributed by atoms with Gasteiger partial charge in [0.15, 0.2) is 0 Å². The van der Waals surface area contributed by atoms with Crippen LogP contribution in [0.2, 0.25) is 0 Å². The first-order valence-corrected chi connectivity index (χ1v) is 6.83. The third kappa shape index (κ3) is 4.45. The molecule has 122 valence electrons. The van der Waals surface area contributed by atoms with Crippen molar-refractivity contribution in [3.8, 4) is 0 Å². The van der Waals surface area contributed by atoms with E-state index in [1.807, 2.05) is 13.0 Å². The number of carbonyl (C=O) groups excluding carboxylic acids is 1. The molecule has 0 saturated heterocycles. The van der Waals surface area contributed by atoms with E-state index in [1.54, 1.807) is 18.2 Å². The number of rotatable bonds is 3. The summed E-state index contributed by atoms with van der Waals surface area (Å²) in [6.45, 7) is 1.94. The summed E-state index contributed by atoms with van der Waals surface area (Å²) in [5.41, 5.74) is -0.131. The fourth-order valence-electron chi connectivity index (χ4n) is 1.95. The first kappa shape index (κ1) is 16.8. The molecule has 0 radical (unpaired) electrons. The standard InChI is InChI=1S/C16H14F4N2O/c1-2-10-4-3-5-12(8-10)21-15(23)22-14-9-11(16(18,19)20)6-7-13(14)17/h3-9H,2H2,1H3,(H2,21,22,23). The Morgan fingerprint density at radius 1 is 1.09 bits per heavy atom. The molecule has 0 atom stereocenters. The van der Waals surface area contributed by atoms with Crippen molar-refractivity contribution in [1.82, 2.24) is 0 Å². The molecule has 2 amide bonds. The zero-order chi connectivity index (χ0) is 17.0. The second-order valence-electron chi connectivity index (χ2n) is 4.83. The van der Waals surface area contributed by atoms with Gasteiger partial charge in [0.2, 0.25) is 0 Å². The first-order chi connectivity index (χ1) is 10.8. The van der Waals surface area contributed by atoms with Crippen LogP contribution >= 0.6 is 0 Å². The minimum atomic E-state index is -4.62. The third-order valence-corrected chi connectivity index (χ3v) is 3.13. The molecule has 7 heteroatoms. The maximum Gasteiger partial charge on any atom is 0.416 e. The van der Waals surface area contributed by atoms with Crippen LogP contribution in [0.25, 0.3) is 0 Å². The highest BCUT2D eigenvalue weighted by Gasteiger charge is 2.31. The second kappa shape index (κ2) is 6.68. The number of amides is 2. The third-order valence-electron chi connectivity index (χ3n) is 3.13. The Morgan fingerprint density at radius 3 is 2.48 bits per heavy atom. The second-order valence-corrected chi connectivity index (χ2v) is 4.83. The van der Waals surface area contributed by atoms with Gasteiger partial charge in [0, 0.05) is 5.69 Å². The molecule has 2 N–H and O–H groups in total. The minimum absolute atomic E-state index is 0.467. The average Bonchev–Trinajstić information content (AvgIpc) is 2.48. The fourth-order valence-corrected chi connectivity index (χ4v) is 1.95. The number of nitrogens with one attached hydrogen (secondary N) is 2. The molecule has 0 aliphatic heterocycles. The van der Waals surface area contributed by atoms with Crippen molar-refractivity contribution in [2.24, 2.45) is 0 Å². The van der Waals surface area contributed by atoms with E-state index in [2.05, 4.69) is 10.6 Å². The highest BCUT2D eigenvalue weighted by Crippen LogP contribution is 2.31. The lowest BCUT2D eigenvalue weighted by molar-refractivity contribution is -0.137. The molecule has 0 saturated carbocycles. The van der Waals surface area contributed by atoms with Crippen molar-refractivity contribution < 1.29 is 22.4 Å². The molecule has 2 aromatic rings. The van der Waals surface area contributed by atoms with E-state index in [0.717, 1.165) is 12.0 Å². The summed E-state index contributed by atoms with van der Waals surface area (Å²) in [5.74, 6) is -0.949. The number of carbonyl (C=O) groups is 1. The molecular weight excluding hydrogens is 312 g/mol. The van der Waals surface area contributed by atoms with Gasteiger partial charge in [0.05, 0.1) is 11.3 Å². The lowest BCUT2D eigenvalue weighted by Gasteiger charge is -2.12. The molecular formula is C16H14F4N2O. The largest absolute Gasteiger partial charge is 0.416 e. The van der Waals surface area contributed by atoms with Gasteiger partial charge in [-0.05, 0) is 42.3 Å². The summed E-state index contributed by atoms with van der Waals surface area (Å²) in [6.07, 6.45) is -3.85. The highest BCUT2D eigenvalue weighted by atomic mass is 19.4.